The van der Waals surface area contributed by atoms with E-state index in [9.17, 15) is 14.7 Å². The maximum absolute atomic E-state index is 12.8. The first kappa shape index (κ1) is 21.6. The first-order chi connectivity index (χ1) is 15.2. The fourth-order valence-corrected chi connectivity index (χ4v) is 4.29. The molecule has 0 radical (unpaired) electrons. The number of fused-ring (bicyclic) bond motifs is 5. The van der Waals surface area contributed by atoms with E-state index in [1.165, 1.54) is 0 Å². The average Bonchev–Trinajstić information content (AvgIpc) is 3.17. The van der Waals surface area contributed by atoms with E-state index < -0.39 is 11.7 Å². The van der Waals surface area contributed by atoms with Gasteiger partial charge in [0, 0.05) is 16.8 Å². The molecule has 0 fully saturated rings. The summed E-state index contributed by atoms with van der Waals surface area (Å²) in [5.41, 5.74) is 14.9. The van der Waals surface area contributed by atoms with Gasteiger partial charge in [-0.15, -0.1) is 0 Å². The third-order valence-corrected chi connectivity index (χ3v) is 5.88. The van der Waals surface area contributed by atoms with Crippen LogP contribution in [0.1, 0.15) is 58.3 Å². The van der Waals surface area contributed by atoms with E-state index >= 15 is 0 Å². The maximum Gasteiger partial charge on any atom is 0.250 e. The van der Waals surface area contributed by atoms with Gasteiger partial charge in [-0.3, -0.25) is 9.59 Å². The number of benzene rings is 3. The predicted octanol–water partition coefficient (Wildman–Crippen LogP) is 3.62. The fourth-order valence-electron chi connectivity index (χ4n) is 4.29. The number of aliphatic hydroxyl groups is 1. The van der Waals surface area contributed by atoms with Crippen LogP contribution in [0, 0.1) is 0 Å². The van der Waals surface area contributed by atoms with Gasteiger partial charge in [-0.05, 0) is 29.2 Å². The minimum atomic E-state index is -1.64. The Kier molecular flexibility index (Phi) is 5.48. The van der Waals surface area contributed by atoms with Crippen LogP contribution in [-0.2, 0) is 17.0 Å². The number of primary amides is 1. The quantitative estimate of drug-likeness (QED) is 0.549. The van der Waals surface area contributed by atoms with E-state index in [4.69, 9.17) is 16.2 Å². The summed E-state index contributed by atoms with van der Waals surface area (Å²) in [6.45, 7) is 4.18. The third kappa shape index (κ3) is 3.63. The highest BCUT2D eigenvalue weighted by molar-refractivity contribution is 6.11. The van der Waals surface area contributed by atoms with Crippen LogP contribution in [0.4, 0.5) is 5.69 Å². The highest BCUT2D eigenvalue weighted by Crippen LogP contribution is 2.56. The zero-order valence-corrected chi connectivity index (χ0v) is 18.0. The SMILES string of the molecule is CC(C)c1ccc2c(c1)OC1(O)c3cccc(N)c3C(=O)C21.NC(=O)Cc1ccccc1. The van der Waals surface area contributed by atoms with E-state index in [1.807, 2.05) is 48.5 Å². The van der Waals surface area contributed by atoms with Crippen molar-refractivity contribution in [2.75, 3.05) is 5.73 Å². The molecule has 6 heteroatoms. The Bertz CT molecular complexity index is 1190. The number of anilines is 1. The third-order valence-electron chi connectivity index (χ3n) is 5.88. The molecule has 2 atom stereocenters. The Morgan fingerprint density at radius 3 is 2.47 bits per heavy atom. The average molecular weight is 431 g/mol. The molecule has 1 aliphatic carbocycles. The summed E-state index contributed by atoms with van der Waals surface area (Å²) in [5, 5.41) is 11.0. The van der Waals surface area contributed by atoms with Crippen molar-refractivity contribution in [2.24, 2.45) is 5.73 Å². The van der Waals surface area contributed by atoms with Gasteiger partial charge >= 0.3 is 0 Å². The molecule has 0 saturated carbocycles. The van der Waals surface area contributed by atoms with Gasteiger partial charge in [0.05, 0.1) is 12.0 Å². The molecule has 6 nitrogen and oxygen atoms in total. The summed E-state index contributed by atoms with van der Waals surface area (Å²) in [6, 6.07) is 20.3. The molecule has 3 aromatic rings. The van der Waals surface area contributed by atoms with Crippen molar-refractivity contribution in [2.45, 2.75) is 37.9 Å². The summed E-state index contributed by atoms with van der Waals surface area (Å²) in [4.78, 5) is 23.2. The number of carbonyl (C=O) groups is 2. The first-order valence-electron chi connectivity index (χ1n) is 10.5. The Morgan fingerprint density at radius 1 is 1.09 bits per heavy atom. The summed E-state index contributed by atoms with van der Waals surface area (Å²) >= 11 is 0. The minimum absolute atomic E-state index is 0.174. The monoisotopic (exact) mass is 430 g/mol. The molecule has 0 spiro atoms. The number of ketones is 1. The minimum Gasteiger partial charge on any atom is -0.457 e. The van der Waals surface area contributed by atoms with Crippen LogP contribution in [0.25, 0.3) is 0 Å². The Balaban J connectivity index is 0.000000207. The van der Waals surface area contributed by atoms with Gasteiger partial charge in [0.15, 0.2) is 5.78 Å². The van der Waals surface area contributed by atoms with Crippen molar-refractivity contribution in [1.29, 1.82) is 0 Å². The summed E-state index contributed by atoms with van der Waals surface area (Å²) < 4.78 is 5.84. The van der Waals surface area contributed by atoms with Crippen molar-refractivity contribution in [3.8, 4) is 5.75 Å². The van der Waals surface area contributed by atoms with E-state index in [-0.39, 0.29) is 11.7 Å². The molecule has 0 saturated heterocycles. The number of carbonyl (C=O) groups excluding carboxylic acids is 2. The summed E-state index contributed by atoms with van der Waals surface area (Å²) in [5.74, 6) is -1.90. The highest BCUT2D eigenvalue weighted by Gasteiger charge is 2.59. The van der Waals surface area contributed by atoms with E-state index in [0.717, 1.165) is 16.7 Å². The maximum atomic E-state index is 12.8. The van der Waals surface area contributed by atoms with Crippen LogP contribution in [0.5, 0.6) is 5.75 Å². The van der Waals surface area contributed by atoms with Crippen LogP contribution < -0.4 is 16.2 Å². The zero-order valence-electron chi connectivity index (χ0n) is 18.0. The lowest BCUT2D eigenvalue weighted by atomic mass is 9.91. The molecule has 3 aromatic carbocycles. The Morgan fingerprint density at radius 2 is 1.81 bits per heavy atom. The second kappa shape index (κ2) is 8.13. The molecule has 1 heterocycles. The predicted molar refractivity (Wildman–Crippen MR) is 122 cm³/mol. The summed E-state index contributed by atoms with van der Waals surface area (Å²) in [7, 11) is 0. The van der Waals surface area contributed by atoms with Gasteiger partial charge in [0.25, 0.3) is 0 Å². The summed E-state index contributed by atoms with van der Waals surface area (Å²) in [6.07, 6.45) is 0.334. The van der Waals surface area contributed by atoms with Crippen molar-refractivity contribution >= 4 is 17.4 Å². The standard InChI is InChI=1S/C18H17NO3.C8H9NO/c1-9(2)10-6-7-11-14(8-10)22-18(21)12-4-3-5-13(19)15(12)17(20)16(11)18;9-8(10)6-7-4-2-1-3-5-7/h3-9,16,21H,19H2,1-2H3;1-5H,6H2,(H2,9,10). The Hall–Kier alpha value is -3.64. The number of hydrogen-bond donors (Lipinski definition) is 3. The van der Waals surface area contributed by atoms with Gasteiger partial charge in [-0.1, -0.05) is 68.4 Å². The lowest BCUT2D eigenvalue weighted by Crippen LogP contribution is -2.32. The molecule has 2 aliphatic rings. The molecule has 0 aromatic heterocycles. The van der Waals surface area contributed by atoms with E-state index in [2.05, 4.69) is 13.8 Å². The van der Waals surface area contributed by atoms with E-state index in [0.29, 0.717) is 34.9 Å². The number of nitrogen functional groups attached to an aromatic ring is 1. The van der Waals surface area contributed by atoms with Crippen molar-refractivity contribution < 1.29 is 19.4 Å². The van der Waals surface area contributed by atoms with Gasteiger partial charge in [-0.25, -0.2) is 0 Å². The molecule has 2 unspecified atom stereocenters. The van der Waals surface area contributed by atoms with Crippen LogP contribution in [0.3, 0.4) is 0 Å². The topological polar surface area (TPSA) is 116 Å². The van der Waals surface area contributed by atoms with Crippen molar-refractivity contribution in [3.63, 3.8) is 0 Å². The smallest absolute Gasteiger partial charge is 0.250 e. The lowest BCUT2D eigenvalue weighted by Gasteiger charge is -2.22. The number of ether oxygens (including phenoxy) is 1. The lowest BCUT2D eigenvalue weighted by molar-refractivity contribution is -0.134. The van der Waals surface area contributed by atoms with Gasteiger partial charge < -0.3 is 21.3 Å². The highest BCUT2D eigenvalue weighted by atomic mass is 16.6. The number of Topliss-reactive ketones (excluding diaryl/α,β-unsaturated/α-hetero) is 1. The fraction of sp³-hybridized carbons (Fsp3) is 0.231. The van der Waals surface area contributed by atoms with E-state index in [1.54, 1.807) is 18.2 Å². The number of nitrogens with two attached hydrogens (primary N) is 2. The largest absolute Gasteiger partial charge is 0.457 e. The second-order valence-corrected chi connectivity index (χ2v) is 8.45. The van der Waals surface area contributed by atoms with Crippen LogP contribution in [0.2, 0.25) is 0 Å². The number of hydrogen-bond acceptors (Lipinski definition) is 5. The van der Waals surface area contributed by atoms with Crippen LogP contribution in [-0.4, -0.2) is 16.8 Å². The molecule has 5 N–H and O–H groups in total. The van der Waals surface area contributed by atoms with Crippen molar-refractivity contribution in [1.82, 2.24) is 0 Å². The van der Waals surface area contributed by atoms with Gasteiger partial charge in [-0.2, -0.15) is 0 Å². The molecule has 1 amide bonds. The molecule has 1 aliphatic heterocycles. The number of rotatable bonds is 3. The molecular weight excluding hydrogens is 404 g/mol. The molecule has 5 rings (SSSR count). The first-order valence-corrected chi connectivity index (χ1v) is 10.5. The molecular formula is C26H26N2O4. The van der Waals surface area contributed by atoms with Crippen LogP contribution >= 0.6 is 0 Å². The van der Waals surface area contributed by atoms with Gasteiger partial charge in [0.1, 0.15) is 11.7 Å². The second-order valence-electron chi connectivity index (χ2n) is 8.45. The van der Waals surface area contributed by atoms with Crippen molar-refractivity contribution in [3.05, 3.63) is 94.5 Å². The molecule has 32 heavy (non-hydrogen) atoms. The number of amides is 1. The normalized spacial score (nSPS) is 20.0. The Labute approximate surface area is 186 Å². The van der Waals surface area contributed by atoms with Crippen LogP contribution in [0.15, 0.2) is 66.7 Å². The molecule has 164 valence electrons. The van der Waals surface area contributed by atoms with Gasteiger partial charge in [0.2, 0.25) is 11.7 Å². The molecule has 0 bridgehead atoms. The zero-order chi connectivity index (χ0) is 23.0.